The van der Waals surface area contributed by atoms with Crippen LogP contribution in [0.2, 0.25) is 0 Å². The van der Waals surface area contributed by atoms with Crippen molar-refractivity contribution < 1.29 is 19.1 Å². The van der Waals surface area contributed by atoms with Crippen LogP contribution in [0.3, 0.4) is 0 Å². The van der Waals surface area contributed by atoms with Crippen molar-refractivity contribution in [2.24, 2.45) is 0 Å². The van der Waals surface area contributed by atoms with E-state index in [9.17, 15) is 9.59 Å². The van der Waals surface area contributed by atoms with E-state index in [4.69, 9.17) is 14.7 Å². The minimum Gasteiger partial charge on any atom is -0.497 e. The number of hydrogen-bond donors (Lipinski definition) is 2. The zero-order valence-electron chi connectivity index (χ0n) is 14.7. The maximum Gasteiger partial charge on any atom is 0.265 e. The largest absolute Gasteiger partial charge is 0.497 e. The molecule has 2 N–H and O–H groups in total. The highest BCUT2D eigenvalue weighted by Crippen LogP contribution is 2.27. The van der Waals surface area contributed by atoms with Crippen molar-refractivity contribution in [3.05, 3.63) is 48.0 Å². The monoisotopic (exact) mass is 353 g/mol. The molecule has 26 heavy (non-hydrogen) atoms. The number of carbonyl (C=O) groups is 2. The van der Waals surface area contributed by atoms with E-state index in [1.807, 2.05) is 6.07 Å². The molecule has 0 heterocycles. The Morgan fingerprint density at radius 1 is 1.04 bits per heavy atom. The lowest BCUT2D eigenvalue weighted by atomic mass is 10.2. The predicted molar refractivity (Wildman–Crippen MR) is 97.2 cm³/mol. The van der Waals surface area contributed by atoms with Gasteiger partial charge >= 0.3 is 0 Å². The van der Waals surface area contributed by atoms with E-state index in [0.29, 0.717) is 28.4 Å². The fraction of sp³-hybridized carbons (Fsp3) is 0.211. The van der Waals surface area contributed by atoms with E-state index >= 15 is 0 Å². The van der Waals surface area contributed by atoms with Crippen molar-refractivity contribution in [3.63, 3.8) is 0 Å². The van der Waals surface area contributed by atoms with E-state index in [1.165, 1.54) is 14.0 Å². The molecule has 7 nitrogen and oxygen atoms in total. The van der Waals surface area contributed by atoms with Gasteiger partial charge in [-0.3, -0.25) is 9.59 Å². The molecule has 2 amide bonds. The first kappa shape index (κ1) is 18.8. The van der Waals surface area contributed by atoms with Crippen LogP contribution < -0.4 is 20.1 Å². The minimum atomic E-state index is -0.792. The Kier molecular flexibility index (Phi) is 6.17. The van der Waals surface area contributed by atoms with Crippen molar-refractivity contribution >= 4 is 23.2 Å². The maximum atomic E-state index is 12.4. The second-order valence-corrected chi connectivity index (χ2v) is 5.48. The second kappa shape index (κ2) is 8.53. The summed E-state index contributed by atoms with van der Waals surface area (Å²) in [6, 6.07) is 13.4. The Bertz CT molecular complexity index is 841. The van der Waals surface area contributed by atoms with E-state index in [2.05, 4.69) is 10.6 Å². The average molecular weight is 353 g/mol. The van der Waals surface area contributed by atoms with Gasteiger partial charge < -0.3 is 20.1 Å². The van der Waals surface area contributed by atoms with Gasteiger partial charge in [0, 0.05) is 13.0 Å². The van der Waals surface area contributed by atoms with Crippen LogP contribution in [0.5, 0.6) is 11.5 Å². The van der Waals surface area contributed by atoms with Gasteiger partial charge in [-0.2, -0.15) is 5.26 Å². The van der Waals surface area contributed by atoms with Crippen LogP contribution in [0.4, 0.5) is 11.4 Å². The molecule has 0 aliphatic heterocycles. The molecule has 0 aliphatic carbocycles. The minimum absolute atomic E-state index is 0.257. The summed E-state index contributed by atoms with van der Waals surface area (Å²) in [5, 5.41) is 14.2. The van der Waals surface area contributed by atoms with Crippen LogP contribution in [0, 0.1) is 11.3 Å². The van der Waals surface area contributed by atoms with E-state index < -0.39 is 12.0 Å². The first-order valence-corrected chi connectivity index (χ1v) is 7.86. The number of nitriles is 1. The standard InChI is InChI=1S/C19H19N3O4/c1-12(26-15-6-4-14(11-20)5-7-15)19(24)22-18-10-16(25-3)8-9-17(18)21-13(2)23/h4-10,12H,1-3H3,(H,21,23)(H,22,24). The number of nitrogens with one attached hydrogen (secondary N) is 2. The molecule has 2 aromatic rings. The van der Waals surface area contributed by atoms with E-state index in [1.54, 1.807) is 49.4 Å². The summed E-state index contributed by atoms with van der Waals surface area (Å²) in [5.74, 6) is 0.358. The van der Waals surface area contributed by atoms with Gasteiger partial charge in [0.05, 0.1) is 30.1 Å². The summed E-state index contributed by atoms with van der Waals surface area (Å²) in [4.78, 5) is 23.8. The summed E-state index contributed by atoms with van der Waals surface area (Å²) in [7, 11) is 1.51. The van der Waals surface area contributed by atoms with Crippen LogP contribution >= 0.6 is 0 Å². The Labute approximate surface area is 151 Å². The molecule has 0 saturated heterocycles. The van der Waals surface area contributed by atoms with Crippen molar-refractivity contribution in [2.45, 2.75) is 20.0 Å². The predicted octanol–water partition coefficient (Wildman–Crippen LogP) is 2.93. The third-order valence-corrected chi connectivity index (χ3v) is 3.46. The van der Waals surface area contributed by atoms with Gasteiger partial charge in [-0.15, -0.1) is 0 Å². The molecule has 1 unspecified atom stereocenters. The Balaban J connectivity index is 2.11. The zero-order valence-corrected chi connectivity index (χ0v) is 14.7. The molecule has 0 radical (unpaired) electrons. The van der Waals surface area contributed by atoms with Crippen molar-refractivity contribution in [3.8, 4) is 17.6 Å². The lowest BCUT2D eigenvalue weighted by molar-refractivity contribution is -0.122. The number of rotatable bonds is 6. The van der Waals surface area contributed by atoms with Crippen LogP contribution in [0.15, 0.2) is 42.5 Å². The number of nitrogens with zero attached hydrogens (tertiary/aromatic N) is 1. The fourth-order valence-corrected chi connectivity index (χ4v) is 2.15. The Hall–Kier alpha value is -3.53. The number of amides is 2. The van der Waals surface area contributed by atoms with Crippen molar-refractivity contribution in [2.75, 3.05) is 17.7 Å². The second-order valence-electron chi connectivity index (χ2n) is 5.48. The Morgan fingerprint density at radius 3 is 2.27 bits per heavy atom. The molecule has 0 fully saturated rings. The molecular formula is C19H19N3O4. The molecule has 2 aromatic carbocycles. The Morgan fingerprint density at radius 2 is 1.69 bits per heavy atom. The number of benzene rings is 2. The van der Waals surface area contributed by atoms with Gasteiger partial charge in [0.1, 0.15) is 11.5 Å². The summed E-state index contributed by atoms with van der Waals surface area (Å²) in [6.45, 7) is 2.98. The number of hydrogen-bond acceptors (Lipinski definition) is 5. The first-order valence-electron chi connectivity index (χ1n) is 7.86. The van der Waals surface area contributed by atoms with Gasteiger partial charge in [-0.05, 0) is 43.3 Å². The zero-order chi connectivity index (χ0) is 19.1. The smallest absolute Gasteiger partial charge is 0.265 e. The molecule has 0 aliphatic rings. The van der Waals surface area contributed by atoms with Gasteiger partial charge in [-0.1, -0.05) is 0 Å². The highest BCUT2D eigenvalue weighted by atomic mass is 16.5. The van der Waals surface area contributed by atoms with E-state index in [0.717, 1.165) is 0 Å². The molecule has 134 valence electrons. The fourth-order valence-electron chi connectivity index (χ4n) is 2.15. The highest BCUT2D eigenvalue weighted by molar-refractivity contribution is 6.00. The molecule has 1 atom stereocenters. The third-order valence-electron chi connectivity index (χ3n) is 3.46. The summed E-state index contributed by atoms with van der Waals surface area (Å²) in [6.07, 6.45) is -0.792. The lowest BCUT2D eigenvalue weighted by Crippen LogP contribution is -2.30. The molecule has 7 heteroatoms. The quantitative estimate of drug-likeness (QED) is 0.831. The van der Waals surface area contributed by atoms with Crippen molar-refractivity contribution in [1.82, 2.24) is 0 Å². The van der Waals surface area contributed by atoms with E-state index in [-0.39, 0.29) is 5.91 Å². The SMILES string of the molecule is COc1ccc(NC(C)=O)c(NC(=O)C(C)Oc2ccc(C#N)cc2)c1. The normalized spacial score (nSPS) is 11.0. The number of ether oxygens (including phenoxy) is 2. The highest BCUT2D eigenvalue weighted by Gasteiger charge is 2.17. The lowest BCUT2D eigenvalue weighted by Gasteiger charge is -2.17. The topological polar surface area (TPSA) is 100 Å². The third kappa shape index (κ3) is 4.98. The molecule has 0 spiro atoms. The molecule has 0 bridgehead atoms. The first-order chi connectivity index (χ1) is 12.4. The maximum absolute atomic E-state index is 12.4. The van der Waals surface area contributed by atoms with Gasteiger partial charge in [0.15, 0.2) is 6.10 Å². The van der Waals surface area contributed by atoms with Crippen molar-refractivity contribution in [1.29, 1.82) is 5.26 Å². The summed E-state index contributed by atoms with van der Waals surface area (Å²) >= 11 is 0. The number of methoxy groups -OCH3 is 1. The molecule has 0 saturated carbocycles. The van der Waals surface area contributed by atoms with Crippen LogP contribution in [-0.2, 0) is 9.59 Å². The van der Waals surface area contributed by atoms with Gasteiger partial charge in [0.25, 0.3) is 5.91 Å². The van der Waals surface area contributed by atoms with Crippen LogP contribution in [0.25, 0.3) is 0 Å². The van der Waals surface area contributed by atoms with Crippen LogP contribution in [-0.4, -0.2) is 25.0 Å². The molecular weight excluding hydrogens is 334 g/mol. The van der Waals surface area contributed by atoms with Gasteiger partial charge in [-0.25, -0.2) is 0 Å². The van der Waals surface area contributed by atoms with Crippen LogP contribution in [0.1, 0.15) is 19.4 Å². The number of anilines is 2. The molecule has 2 rings (SSSR count). The molecule has 0 aromatic heterocycles. The summed E-state index contributed by atoms with van der Waals surface area (Å²) < 4.78 is 10.7. The summed E-state index contributed by atoms with van der Waals surface area (Å²) in [5.41, 5.74) is 1.36. The van der Waals surface area contributed by atoms with Gasteiger partial charge in [0.2, 0.25) is 5.91 Å². The average Bonchev–Trinajstić information content (AvgIpc) is 2.63. The number of carbonyl (C=O) groups excluding carboxylic acids is 2.